The first-order valence-corrected chi connectivity index (χ1v) is 15.5. The van der Waals surface area contributed by atoms with Crippen molar-refractivity contribution in [2.24, 2.45) is 0 Å². The molecular weight excluding hydrogens is 576 g/mol. The minimum atomic E-state index is 0.595. The van der Waals surface area contributed by atoms with Crippen LogP contribution in [0.2, 0.25) is 0 Å². The minimum absolute atomic E-state index is 0.595. The zero-order chi connectivity index (χ0) is 31.2. The molecule has 47 heavy (non-hydrogen) atoms. The molecule has 0 amide bonds. The summed E-state index contributed by atoms with van der Waals surface area (Å²) < 4.78 is 6.34. The Kier molecular flexibility index (Phi) is 6.39. The van der Waals surface area contributed by atoms with E-state index in [1.807, 2.05) is 73.1 Å². The molecular formula is C42H26N4O. The number of aromatic nitrogens is 4. The predicted octanol–water partition coefficient (Wildman–Crippen LogP) is 10.7. The van der Waals surface area contributed by atoms with E-state index in [0.29, 0.717) is 17.5 Å². The van der Waals surface area contributed by atoms with Gasteiger partial charge in [-0.15, -0.1) is 0 Å². The molecule has 0 atom stereocenters. The van der Waals surface area contributed by atoms with Crippen molar-refractivity contribution in [2.45, 2.75) is 0 Å². The molecule has 0 spiro atoms. The third-order valence-electron chi connectivity index (χ3n) is 8.63. The Labute approximate surface area is 270 Å². The van der Waals surface area contributed by atoms with Crippen LogP contribution >= 0.6 is 0 Å². The minimum Gasteiger partial charge on any atom is -0.456 e. The second-order valence-corrected chi connectivity index (χ2v) is 11.5. The molecule has 0 saturated heterocycles. The Balaban J connectivity index is 1.16. The van der Waals surface area contributed by atoms with Gasteiger partial charge in [-0.25, -0.2) is 15.0 Å². The monoisotopic (exact) mass is 602 g/mol. The molecule has 5 nitrogen and oxygen atoms in total. The van der Waals surface area contributed by atoms with Gasteiger partial charge in [0.2, 0.25) is 0 Å². The van der Waals surface area contributed by atoms with Crippen molar-refractivity contribution in [3.63, 3.8) is 0 Å². The lowest BCUT2D eigenvalue weighted by Gasteiger charge is -2.10. The third-order valence-corrected chi connectivity index (χ3v) is 8.63. The van der Waals surface area contributed by atoms with Crippen molar-refractivity contribution < 1.29 is 4.42 Å². The number of furan rings is 1. The van der Waals surface area contributed by atoms with E-state index in [1.54, 1.807) is 0 Å². The SMILES string of the molecule is c1ccc(-c2ccc(-c3ccc(-c4nc(-c5ccccc5)nc(-c5cccc6oc7cc8cnccc8cc7c56)n4)cc3)cc2)cc1. The van der Waals surface area contributed by atoms with Gasteiger partial charge in [0.25, 0.3) is 0 Å². The molecule has 6 aromatic carbocycles. The molecule has 0 saturated carbocycles. The molecule has 0 fully saturated rings. The van der Waals surface area contributed by atoms with Gasteiger partial charge >= 0.3 is 0 Å². The summed E-state index contributed by atoms with van der Waals surface area (Å²) >= 11 is 0. The number of hydrogen-bond acceptors (Lipinski definition) is 5. The lowest BCUT2D eigenvalue weighted by molar-refractivity contribution is 0.669. The van der Waals surface area contributed by atoms with E-state index in [1.165, 1.54) is 11.1 Å². The van der Waals surface area contributed by atoms with Gasteiger partial charge in [0, 0.05) is 45.2 Å². The quantitative estimate of drug-likeness (QED) is 0.196. The topological polar surface area (TPSA) is 64.7 Å². The zero-order valence-electron chi connectivity index (χ0n) is 25.2. The Bertz CT molecular complexity index is 2540. The standard InChI is InChI=1S/C42H26N4O/c1-3-8-27(9-4-1)28-14-16-29(17-15-28)30-18-20-32(21-19-30)41-44-40(31-10-5-2-6-11-31)45-42(46-41)35-12-7-13-37-39(35)36-24-33-22-23-43-26-34(33)25-38(36)47-37/h1-26H. The van der Waals surface area contributed by atoms with E-state index in [-0.39, 0.29) is 0 Å². The molecule has 220 valence electrons. The maximum atomic E-state index is 6.34. The van der Waals surface area contributed by atoms with Crippen LogP contribution in [0, 0.1) is 0 Å². The van der Waals surface area contributed by atoms with Crippen LogP contribution in [-0.2, 0) is 0 Å². The van der Waals surface area contributed by atoms with Crippen LogP contribution in [0.1, 0.15) is 0 Å². The highest BCUT2D eigenvalue weighted by atomic mass is 16.3. The number of pyridine rings is 1. The van der Waals surface area contributed by atoms with E-state index >= 15 is 0 Å². The fraction of sp³-hybridized carbons (Fsp3) is 0. The molecule has 9 aromatic rings. The number of fused-ring (bicyclic) bond motifs is 4. The Morgan fingerprint density at radius 3 is 1.62 bits per heavy atom. The Morgan fingerprint density at radius 2 is 0.957 bits per heavy atom. The molecule has 9 rings (SSSR count). The van der Waals surface area contributed by atoms with Crippen LogP contribution in [0.3, 0.4) is 0 Å². The van der Waals surface area contributed by atoms with Gasteiger partial charge in [0.15, 0.2) is 17.5 Å². The van der Waals surface area contributed by atoms with Gasteiger partial charge in [-0.2, -0.15) is 0 Å². The summed E-state index contributed by atoms with van der Waals surface area (Å²) in [5.41, 5.74) is 9.01. The lowest BCUT2D eigenvalue weighted by atomic mass is 9.99. The highest BCUT2D eigenvalue weighted by Crippen LogP contribution is 2.38. The third kappa shape index (κ3) is 4.91. The zero-order valence-corrected chi connectivity index (χ0v) is 25.2. The van der Waals surface area contributed by atoms with Gasteiger partial charge < -0.3 is 4.42 Å². The van der Waals surface area contributed by atoms with Crippen molar-refractivity contribution in [1.29, 1.82) is 0 Å². The summed E-state index contributed by atoms with van der Waals surface area (Å²) in [6.07, 6.45) is 3.67. The molecule has 0 unspecified atom stereocenters. The van der Waals surface area contributed by atoms with Crippen molar-refractivity contribution >= 4 is 32.7 Å². The van der Waals surface area contributed by atoms with Crippen LogP contribution in [0.5, 0.6) is 0 Å². The van der Waals surface area contributed by atoms with E-state index < -0.39 is 0 Å². The van der Waals surface area contributed by atoms with Gasteiger partial charge in [0.05, 0.1) is 0 Å². The van der Waals surface area contributed by atoms with Crippen LogP contribution in [0.4, 0.5) is 0 Å². The highest BCUT2D eigenvalue weighted by molar-refractivity contribution is 6.15. The maximum absolute atomic E-state index is 6.34. The molecule has 5 heteroatoms. The first-order valence-electron chi connectivity index (χ1n) is 15.5. The molecule has 0 aliphatic rings. The summed E-state index contributed by atoms with van der Waals surface area (Å²) in [6.45, 7) is 0. The summed E-state index contributed by atoms with van der Waals surface area (Å²) in [7, 11) is 0. The fourth-order valence-electron chi connectivity index (χ4n) is 6.23. The number of hydrogen-bond donors (Lipinski definition) is 0. The van der Waals surface area contributed by atoms with Crippen LogP contribution in [0.15, 0.2) is 162 Å². The van der Waals surface area contributed by atoms with E-state index in [2.05, 4.69) is 89.9 Å². The smallest absolute Gasteiger partial charge is 0.164 e. The number of benzene rings is 6. The fourth-order valence-corrected chi connectivity index (χ4v) is 6.23. The predicted molar refractivity (Wildman–Crippen MR) is 190 cm³/mol. The Morgan fingerprint density at radius 1 is 0.404 bits per heavy atom. The highest BCUT2D eigenvalue weighted by Gasteiger charge is 2.18. The number of nitrogens with zero attached hydrogens (tertiary/aromatic N) is 4. The van der Waals surface area contributed by atoms with Gasteiger partial charge in [-0.05, 0) is 51.9 Å². The number of rotatable bonds is 5. The molecule has 0 aliphatic heterocycles. The largest absolute Gasteiger partial charge is 0.456 e. The summed E-state index contributed by atoms with van der Waals surface area (Å²) in [6, 6.07) is 49.9. The van der Waals surface area contributed by atoms with Gasteiger partial charge in [-0.3, -0.25) is 4.98 Å². The average Bonchev–Trinajstić information content (AvgIpc) is 3.52. The van der Waals surface area contributed by atoms with Crippen LogP contribution in [0.25, 0.3) is 89.1 Å². The Hall–Kier alpha value is -6.46. The first kappa shape index (κ1) is 26.9. The van der Waals surface area contributed by atoms with Crippen molar-refractivity contribution in [3.05, 3.63) is 158 Å². The lowest BCUT2D eigenvalue weighted by Crippen LogP contribution is -2.00. The van der Waals surface area contributed by atoms with E-state index in [9.17, 15) is 0 Å². The molecule has 0 aliphatic carbocycles. The van der Waals surface area contributed by atoms with E-state index in [4.69, 9.17) is 19.4 Å². The second-order valence-electron chi connectivity index (χ2n) is 11.5. The van der Waals surface area contributed by atoms with E-state index in [0.717, 1.165) is 60.5 Å². The second kappa shape index (κ2) is 11.2. The summed E-state index contributed by atoms with van der Waals surface area (Å²) in [5.74, 6) is 1.83. The van der Waals surface area contributed by atoms with Crippen LogP contribution in [-0.4, -0.2) is 19.9 Å². The molecule has 0 bridgehead atoms. The first-order chi connectivity index (χ1) is 23.3. The van der Waals surface area contributed by atoms with Gasteiger partial charge in [-0.1, -0.05) is 121 Å². The molecule has 0 N–H and O–H groups in total. The van der Waals surface area contributed by atoms with Crippen molar-refractivity contribution in [3.8, 4) is 56.4 Å². The molecule has 3 heterocycles. The maximum Gasteiger partial charge on any atom is 0.164 e. The van der Waals surface area contributed by atoms with Crippen molar-refractivity contribution in [1.82, 2.24) is 19.9 Å². The van der Waals surface area contributed by atoms with Gasteiger partial charge in [0.1, 0.15) is 11.2 Å². The summed E-state index contributed by atoms with van der Waals surface area (Å²) in [4.78, 5) is 19.3. The average molecular weight is 603 g/mol. The van der Waals surface area contributed by atoms with Crippen LogP contribution < -0.4 is 0 Å². The summed E-state index contributed by atoms with van der Waals surface area (Å²) in [5, 5.41) is 4.12. The van der Waals surface area contributed by atoms with Crippen molar-refractivity contribution in [2.75, 3.05) is 0 Å². The molecule has 0 radical (unpaired) electrons. The molecule has 3 aromatic heterocycles. The normalized spacial score (nSPS) is 11.4.